The van der Waals surface area contributed by atoms with Gasteiger partial charge in [0.2, 0.25) is 5.91 Å². The van der Waals surface area contributed by atoms with Gasteiger partial charge in [0, 0.05) is 25.6 Å². The Kier molecular flexibility index (Phi) is 3.56. The highest BCUT2D eigenvalue weighted by Crippen LogP contribution is 2.23. The molecule has 0 spiro atoms. The largest absolute Gasteiger partial charge is 0.396 e. The molecule has 1 aromatic rings. The Morgan fingerprint density at radius 1 is 1.32 bits per heavy atom. The Balaban J connectivity index is 1.63. The van der Waals surface area contributed by atoms with Crippen LogP contribution in [0.3, 0.4) is 0 Å². The van der Waals surface area contributed by atoms with Gasteiger partial charge in [-0.3, -0.25) is 4.79 Å². The second-order valence-electron chi connectivity index (χ2n) is 5.81. The molecule has 1 aliphatic heterocycles. The van der Waals surface area contributed by atoms with E-state index in [0.717, 1.165) is 31.5 Å². The number of amides is 1. The first kappa shape index (κ1) is 12.7. The summed E-state index contributed by atoms with van der Waals surface area (Å²) in [5.41, 5.74) is 4.02. The maximum absolute atomic E-state index is 12.2. The molecular weight excluding hydrogens is 238 g/mol. The maximum Gasteiger partial charge on any atom is 0.227 e. The molecule has 102 valence electrons. The van der Waals surface area contributed by atoms with Gasteiger partial charge in [-0.05, 0) is 42.4 Å². The van der Waals surface area contributed by atoms with Crippen molar-refractivity contribution in [3.63, 3.8) is 0 Å². The van der Waals surface area contributed by atoms with Crippen LogP contribution in [0, 0.1) is 5.92 Å². The van der Waals surface area contributed by atoms with E-state index in [4.69, 9.17) is 5.11 Å². The van der Waals surface area contributed by atoms with E-state index in [1.54, 1.807) is 0 Å². The van der Waals surface area contributed by atoms with Gasteiger partial charge in [-0.15, -0.1) is 0 Å². The molecule has 1 aliphatic carbocycles. The zero-order valence-corrected chi connectivity index (χ0v) is 11.3. The van der Waals surface area contributed by atoms with E-state index in [-0.39, 0.29) is 18.4 Å². The van der Waals surface area contributed by atoms with E-state index in [1.807, 2.05) is 4.90 Å². The first-order valence-electron chi connectivity index (χ1n) is 7.25. The Labute approximate surface area is 114 Å². The lowest BCUT2D eigenvalue weighted by atomic mass is 10.0. The van der Waals surface area contributed by atoms with Gasteiger partial charge in [0.1, 0.15) is 0 Å². The van der Waals surface area contributed by atoms with Crippen LogP contribution in [-0.2, 0) is 24.1 Å². The van der Waals surface area contributed by atoms with Gasteiger partial charge in [0.25, 0.3) is 0 Å². The Bertz CT molecular complexity index is 484. The van der Waals surface area contributed by atoms with E-state index >= 15 is 0 Å². The van der Waals surface area contributed by atoms with Crippen LogP contribution in [0.2, 0.25) is 0 Å². The number of rotatable bonds is 3. The zero-order valence-electron chi connectivity index (χ0n) is 11.3. The number of aryl methyl sites for hydroxylation is 2. The minimum absolute atomic E-state index is 0.197. The maximum atomic E-state index is 12.2. The predicted octanol–water partition coefficient (Wildman–Crippen LogP) is 1.56. The standard InChI is InChI=1S/C16H21NO2/c18-11-13-6-7-17(10-13)16(19)9-12-4-5-14-2-1-3-15(14)8-12/h4-5,8,13,18H,1-3,6-7,9-11H2. The summed E-state index contributed by atoms with van der Waals surface area (Å²) in [6.45, 7) is 1.72. The SMILES string of the molecule is O=C(Cc1ccc2c(c1)CCC2)N1CCC(CO)C1. The van der Waals surface area contributed by atoms with E-state index < -0.39 is 0 Å². The van der Waals surface area contributed by atoms with Gasteiger partial charge >= 0.3 is 0 Å². The second kappa shape index (κ2) is 5.33. The third kappa shape index (κ3) is 2.66. The quantitative estimate of drug-likeness (QED) is 0.895. The monoisotopic (exact) mass is 259 g/mol. The number of aliphatic hydroxyl groups excluding tert-OH is 1. The molecule has 1 N–H and O–H groups in total. The van der Waals surface area contributed by atoms with Crippen LogP contribution in [0.5, 0.6) is 0 Å². The van der Waals surface area contributed by atoms with Gasteiger partial charge in [-0.1, -0.05) is 18.2 Å². The summed E-state index contributed by atoms with van der Waals surface area (Å²) in [7, 11) is 0. The third-order valence-electron chi connectivity index (χ3n) is 4.42. The van der Waals surface area contributed by atoms with Crippen LogP contribution >= 0.6 is 0 Å². The molecule has 1 heterocycles. The third-order valence-corrected chi connectivity index (χ3v) is 4.42. The van der Waals surface area contributed by atoms with Crippen molar-refractivity contribution in [1.29, 1.82) is 0 Å². The first-order valence-corrected chi connectivity index (χ1v) is 7.25. The van der Waals surface area contributed by atoms with Crippen molar-refractivity contribution in [3.05, 3.63) is 34.9 Å². The lowest BCUT2D eigenvalue weighted by molar-refractivity contribution is -0.129. The smallest absolute Gasteiger partial charge is 0.227 e. The van der Waals surface area contributed by atoms with E-state index in [2.05, 4.69) is 18.2 Å². The van der Waals surface area contributed by atoms with Crippen LogP contribution in [0.1, 0.15) is 29.5 Å². The Morgan fingerprint density at radius 3 is 2.95 bits per heavy atom. The number of hydrogen-bond acceptors (Lipinski definition) is 2. The fourth-order valence-corrected chi connectivity index (χ4v) is 3.23. The Hall–Kier alpha value is -1.35. The summed E-state index contributed by atoms with van der Waals surface area (Å²) in [6, 6.07) is 6.49. The zero-order chi connectivity index (χ0) is 13.2. The summed E-state index contributed by atoms with van der Waals surface area (Å²) in [4.78, 5) is 14.1. The fourth-order valence-electron chi connectivity index (χ4n) is 3.23. The van der Waals surface area contributed by atoms with Crippen molar-refractivity contribution in [1.82, 2.24) is 4.90 Å². The number of fused-ring (bicyclic) bond motifs is 1. The molecule has 3 nitrogen and oxygen atoms in total. The molecule has 3 heteroatoms. The van der Waals surface area contributed by atoms with Crippen molar-refractivity contribution < 1.29 is 9.90 Å². The molecule has 19 heavy (non-hydrogen) atoms. The van der Waals surface area contributed by atoms with Crippen LogP contribution in [-0.4, -0.2) is 35.6 Å². The molecule has 0 bridgehead atoms. The van der Waals surface area contributed by atoms with E-state index in [9.17, 15) is 4.79 Å². The van der Waals surface area contributed by atoms with E-state index in [1.165, 1.54) is 24.0 Å². The fraction of sp³-hybridized carbons (Fsp3) is 0.562. The van der Waals surface area contributed by atoms with Gasteiger partial charge in [0.05, 0.1) is 6.42 Å². The number of benzene rings is 1. The molecule has 1 amide bonds. The van der Waals surface area contributed by atoms with Crippen LogP contribution in [0.4, 0.5) is 0 Å². The molecule has 0 aromatic heterocycles. The van der Waals surface area contributed by atoms with Crippen LogP contribution in [0.15, 0.2) is 18.2 Å². The molecule has 3 rings (SSSR count). The summed E-state index contributed by atoms with van der Waals surface area (Å²) in [5, 5.41) is 9.12. The lowest BCUT2D eigenvalue weighted by Gasteiger charge is -2.16. The molecule has 1 unspecified atom stereocenters. The summed E-state index contributed by atoms with van der Waals surface area (Å²) < 4.78 is 0. The van der Waals surface area contributed by atoms with Gasteiger partial charge < -0.3 is 10.0 Å². The van der Waals surface area contributed by atoms with Crippen molar-refractivity contribution in [2.24, 2.45) is 5.92 Å². The molecule has 1 saturated heterocycles. The number of aliphatic hydroxyl groups is 1. The number of nitrogens with zero attached hydrogens (tertiary/aromatic N) is 1. The van der Waals surface area contributed by atoms with Crippen LogP contribution < -0.4 is 0 Å². The summed E-state index contributed by atoms with van der Waals surface area (Å²) in [6.07, 6.45) is 5.04. The molecule has 1 fully saturated rings. The van der Waals surface area contributed by atoms with Gasteiger partial charge in [-0.2, -0.15) is 0 Å². The first-order chi connectivity index (χ1) is 9.26. The normalized spacial score (nSPS) is 21.7. The number of hydrogen-bond donors (Lipinski definition) is 1. The Morgan fingerprint density at radius 2 is 2.16 bits per heavy atom. The van der Waals surface area contributed by atoms with Crippen molar-refractivity contribution in [3.8, 4) is 0 Å². The van der Waals surface area contributed by atoms with Crippen molar-refractivity contribution >= 4 is 5.91 Å². The minimum Gasteiger partial charge on any atom is -0.396 e. The summed E-state index contributed by atoms with van der Waals surface area (Å²) >= 11 is 0. The average Bonchev–Trinajstić information content (AvgIpc) is 3.06. The van der Waals surface area contributed by atoms with Crippen molar-refractivity contribution in [2.45, 2.75) is 32.1 Å². The van der Waals surface area contributed by atoms with Crippen LogP contribution in [0.25, 0.3) is 0 Å². The topological polar surface area (TPSA) is 40.5 Å². The molecule has 0 saturated carbocycles. The van der Waals surface area contributed by atoms with Gasteiger partial charge in [0.15, 0.2) is 0 Å². The van der Waals surface area contributed by atoms with E-state index in [0.29, 0.717) is 6.42 Å². The number of carbonyl (C=O) groups is 1. The van der Waals surface area contributed by atoms with Crippen molar-refractivity contribution in [2.75, 3.05) is 19.7 Å². The highest BCUT2D eigenvalue weighted by Gasteiger charge is 2.25. The number of likely N-dealkylation sites (tertiary alicyclic amines) is 1. The second-order valence-corrected chi connectivity index (χ2v) is 5.81. The lowest BCUT2D eigenvalue weighted by Crippen LogP contribution is -2.30. The molecule has 1 aromatic carbocycles. The molecular formula is C16H21NO2. The molecule has 2 aliphatic rings. The summed E-state index contributed by atoms with van der Waals surface area (Å²) in [5.74, 6) is 0.484. The average molecular weight is 259 g/mol. The van der Waals surface area contributed by atoms with Gasteiger partial charge in [-0.25, -0.2) is 0 Å². The number of carbonyl (C=O) groups excluding carboxylic acids is 1. The minimum atomic E-state index is 0.197. The predicted molar refractivity (Wildman–Crippen MR) is 73.9 cm³/mol. The highest BCUT2D eigenvalue weighted by atomic mass is 16.3. The molecule has 0 radical (unpaired) electrons. The molecule has 1 atom stereocenters. The highest BCUT2D eigenvalue weighted by molar-refractivity contribution is 5.79.